The van der Waals surface area contributed by atoms with E-state index < -0.39 is 0 Å². The van der Waals surface area contributed by atoms with Gasteiger partial charge in [-0.2, -0.15) is 0 Å². The zero-order valence-electron chi connectivity index (χ0n) is 8.29. The van der Waals surface area contributed by atoms with E-state index >= 15 is 0 Å². The van der Waals surface area contributed by atoms with Crippen molar-refractivity contribution in [2.24, 2.45) is 0 Å². The Morgan fingerprint density at radius 3 is 3.00 bits per heavy atom. The number of H-pyrrole nitrogens is 1. The number of aromatic amines is 1. The number of hydrogen-bond donors (Lipinski definition) is 2. The third-order valence-electron chi connectivity index (χ3n) is 2.08. The Morgan fingerprint density at radius 1 is 1.47 bits per heavy atom. The molecule has 78 valence electrons. The molecule has 2 aromatic heterocycles. The quantitative estimate of drug-likeness (QED) is 0.784. The molecule has 2 heterocycles. The Bertz CT molecular complexity index is 439. The first kappa shape index (κ1) is 9.98. The van der Waals surface area contributed by atoms with Crippen LogP contribution in [-0.2, 0) is 6.54 Å². The second kappa shape index (κ2) is 4.31. The summed E-state index contributed by atoms with van der Waals surface area (Å²) in [6.45, 7) is 2.62. The van der Waals surface area contributed by atoms with Gasteiger partial charge in [0.05, 0.1) is 29.9 Å². The largest absolute Gasteiger partial charge is 0.378 e. The first-order chi connectivity index (χ1) is 7.25. The topological polar surface area (TPSA) is 53.6 Å². The van der Waals surface area contributed by atoms with Crippen LogP contribution in [0.15, 0.2) is 24.7 Å². The van der Waals surface area contributed by atoms with Gasteiger partial charge in [-0.05, 0) is 19.1 Å². The molecule has 0 spiro atoms. The highest BCUT2D eigenvalue weighted by molar-refractivity contribution is 6.29. The van der Waals surface area contributed by atoms with Crippen LogP contribution in [0.25, 0.3) is 0 Å². The number of imidazole rings is 1. The molecule has 0 amide bonds. The average Bonchev–Trinajstić information content (AvgIpc) is 2.69. The summed E-state index contributed by atoms with van der Waals surface area (Å²) in [5.41, 5.74) is 2.90. The molecule has 5 heteroatoms. The molecular formula is C10H11ClN4. The lowest BCUT2D eigenvalue weighted by atomic mass is 10.3. The highest BCUT2D eigenvalue weighted by Crippen LogP contribution is 2.16. The Morgan fingerprint density at radius 2 is 2.33 bits per heavy atom. The third kappa shape index (κ3) is 2.47. The van der Waals surface area contributed by atoms with Gasteiger partial charge in [0, 0.05) is 6.20 Å². The lowest BCUT2D eigenvalue weighted by molar-refractivity contribution is 1.06. The Balaban J connectivity index is 2.05. The summed E-state index contributed by atoms with van der Waals surface area (Å²) < 4.78 is 0. The summed E-state index contributed by atoms with van der Waals surface area (Å²) in [5.74, 6) is 0. The van der Waals surface area contributed by atoms with E-state index in [0.717, 1.165) is 17.1 Å². The number of aryl methyl sites for hydroxylation is 1. The summed E-state index contributed by atoms with van der Waals surface area (Å²) in [5, 5.41) is 3.76. The predicted molar refractivity (Wildman–Crippen MR) is 59.9 cm³/mol. The maximum absolute atomic E-state index is 5.76. The molecule has 0 aliphatic carbocycles. The number of anilines is 1. The summed E-state index contributed by atoms with van der Waals surface area (Å²) >= 11 is 5.76. The SMILES string of the molecule is Cc1nc(Cl)ccc1NCc1cnc[nH]1. The van der Waals surface area contributed by atoms with Crippen LogP contribution in [0.4, 0.5) is 5.69 Å². The molecule has 0 fully saturated rings. The molecule has 0 aromatic carbocycles. The van der Waals surface area contributed by atoms with Gasteiger partial charge in [-0.25, -0.2) is 9.97 Å². The van der Waals surface area contributed by atoms with Crippen LogP contribution < -0.4 is 5.32 Å². The van der Waals surface area contributed by atoms with Crippen molar-refractivity contribution < 1.29 is 0 Å². The lowest BCUT2D eigenvalue weighted by Gasteiger charge is -2.07. The molecule has 0 atom stereocenters. The van der Waals surface area contributed by atoms with Crippen molar-refractivity contribution in [3.05, 3.63) is 41.2 Å². The van der Waals surface area contributed by atoms with E-state index in [1.807, 2.05) is 13.0 Å². The van der Waals surface area contributed by atoms with Crippen molar-refractivity contribution in [1.29, 1.82) is 0 Å². The second-order valence-corrected chi connectivity index (χ2v) is 3.58. The number of hydrogen-bond acceptors (Lipinski definition) is 3. The monoisotopic (exact) mass is 222 g/mol. The molecule has 0 aliphatic heterocycles. The van der Waals surface area contributed by atoms with E-state index in [1.165, 1.54) is 0 Å². The number of pyridine rings is 1. The molecule has 0 unspecified atom stereocenters. The predicted octanol–water partition coefficient (Wildman–Crippen LogP) is 2.38. The minimum Gasteiger partial charge on any atom is -0.378 e. The van der Waals surface area contributed by atoms with Gasteiger partial charge in [0.25, 0.3) is 0 Å². The molecular weight excluding hydrogens is 212 g/mol. The Labute approximate surface area is 92.7 Å². The minimum absolute atomic E-state index is 0.514. The van der Waals surface area contributed by atoms with E-state index in [-0.39, 0.29) is 0 Å². The fraction of sp³-hybridized carbons (Fsp3) is 0.200. The van der Waals surface area contributed by atoms with Gasteiger partial charge in [-0.15, -0.1) is 0 Å². The van der Waals surface area contributed by atoms with Gasteiger partial charge in [0.15, 0.2) is 0 Å². The van der Waals surface area contributed by atoms with Crippen LogP contribution in [0.1, 0.15) is 11.4 Å². The van der Waals surface area contributed by atoms with Crippen molar-refractivity contribution in [2.45, 2.75) is 13.5 Å². The van der Waals surface area contributed by atoms with E-state index in [0.29, 0.717) is 11.7 Å². The van der Waals surface area contributed by atoms with Gasteiger partial charge in [0.2, 0.25) is 0 Å². The summed E-state index contributed by atoms with van der Waals surface area (Å²) in [6.07, 6.45) is 3.44. The summed E-state index contributed by atoms with van der Waals surface area (Å²) in [4.78, 5) is 11.1. The zero-order valence-corrected chi connectivity index (χ0v) is 9.04. The van der Waals surface area contributed by atoms with Crippen LogP contribution >= 0.6 is 11.6 Å². The van der Waals surface area contributed by atoms with Gasteiger partial charge in [-0.3, -0.25) is 0 Å². The fourth-order valence-corrected chi connectivity index (χ4v) is 1.48. The second-order valence-electron chi connectivity index (χ2n) is 3.20. The van der Waals surface area contributed by atoms with E-state index in [2.05, 4.69) is 20.3 Å². The van der Waals surface area contributed by atoms with Gasteiger partial charge in [0.1, 0.15) is 5.15 Å². The van der Waals surface area contributed by atoms with Crippen molar-refractivity contribution >= 4 is 17.3 Å². The van der Waals surface area contributed by atoms with E-state index in [1.54, 1.807) is 18.6 Å². The molecule has 0 bridgehead atoms. The van der Waals surface area contributed by atoms with Crippen LogP contribution in [0, 0.1) is 6.92 Å². The molecule has 0 saturated carbocycles. The van der Waals surface area contributed by atoms with Crippen LogP contribution in [0.3, 0.4) is 0 Å². The number of nitrogens with one attached hydrogen (secondary N) is 2. The molecule has 2 rings (SSSR count). The van der Waals surface area contributed by atoms with E-state index in [9.17, 15) is 0 Å². The van der Waals surface area contributed by atoms with Crippen LogP contribution in [0.5, 0.6) is 0 Å². The highest BCUT2D eigenvalue weighted by atomic mass is 35.5. The maximum Gasteiger partial charge on any atom is 0.129 e. The summed E-state index contributed by atoms with van der Waals surface area (Å²) in [7, 11) is 0. The van der Waals surface area contributed by atoms with Crippen molar-refractivity contribution in [2.75, 3.05) is 5.32 Å². The van der Waals surface area contributed by atoms with Crippen LogP contribution in [-0.4, -0.2) is 15.0 Å². The lowest BCUT2D eigenvalue weighted by Crippen LogP contribution is -2.02. The molecule has 15 heavy (non-hydrogen) atoms. The minimum atomic E-state index is 0.514. The summed E-state index contributed by atoms with van der Waals surface area (Å²) in [6, 6.07) is 3.69. The Kier molecular flexibility index (Phi) is 2.87. The zero-order chi connectivity index (χ0) is 10.7. The molecule has 0 radical (unpaired) electrons. The van der Waals surface area contributed by atoms with Crippen LogP contribution in [0.2, 0.25) is 5.15 Å². The van der Waals surface area contributed by atoms with Gasteiger partial charge in [-0.1, -0.05) is 11.6 Å². The number of nitrogens with zero attached hydrogens (tertiary/aromatic N) is 2. The van der Waals surface area contributed by atoms with Crippen molar-refractivity contribution in [3.8, 4) is 0 Å². The van der Waals surface area contributed by atoms with Gasteiger partial charge >= 0.3 is 0 Å². The van der Waals surface area contributed by atoms with E-state index in [4.69, 9.17) is 11.6 Å². The number of halogens is 1. The number of aromatic nitrogens is 3. The molecule has 2 aromatic rings. The van der Waals surface area contributed by atoms with Gasteiger partial charge < -0.3 is 10.3 Å². The normalized spacial score (nSPS) is 10.3. The first-order valence-corrected chi connectivity index (χ1v) is 4.98. The van der Waals surface area contributed by atoms with Crippen molar-refractivity contribution in [1.82, 2.24) is 15.0 Å². The molecule has 2 N–H and O–H groups in total. The van der Waals surface area contributed by atoms with Crippen molar-refractivity contribution in [3.63, 3.8) is 0 Å². The maximum atomic E-state index is 5.76. The fourth-order valence-electron chi connectivity index (χ4n) is 1.29. The molecule has 4 nitrogen and oxygen atoms in total. The molecule has 0 saturated heterocycles. The standard InChI is InChI=1S/C10H11ClN4/c1-7-9(2-3-10(11)15-7)13-5-8-4-12-6-14-8/h2-4,6,13H,5H2,1H3,(H,12,14). The smallest absolute Gasteiger partial charge is 0.129 e. The molecule has 0 aliphatic rings. The third-order valence-corrected chi connectivity index (χ3v) is 2.29. The highest BCUT2D eigenvalue weighted by Gasteiger charge is 2.00. The first-order valence-electron chi connectivity index (χ1n) is 4.60. The Hall–Kier alpha value is -1.55. The average molecular weight is 223 g/mol. The number of rotatable bonds is 3.